The van der Waals surface area contributed by atoms with Crippen LogP contribution in [-0.4, -0.2) is 35.1 Å². The predicted molar refractivity (Wildman–Crippen MR) is 98.9 cm³/mol. The summed E-state index contributed by atoms with van der Waals surface area (Å²) >= 11 is 0. The Morgan fingerprint density at radius 1 is 1.17 bits per heavy atom. The zero-order chi connectivity index (χ0) is 16.6. The molecule has 2 heterocycles. The number of fused-ring (bicyclic) bond motifs is 1. The largest absolute Gasteiger partial charge is 0.348 e. The minimum atomic E-state index is 0.482. The number of rotatable bonds is 4. The standard InChI is InChI=1S/C20H31N3/c1-14(2)23-11-9-16(10-12-23)18(13-21)20-15(3)22(4)19-8-6-5-7-17(19)20/h5-8,14,16,18H,9-13,21H2,1-4H3. The van der Waals surface area contributed by atoms with E-state index in [9.17, 15) is 0 Å². The van der Waals surface area contributed by atoms with E-state index in [-0.39, 0.29) is 0 Å². The molecule has 1 aromatic carbocycles. The Morgan fingerprint density at radius 3 is 2.43 bits per heavy atom. The van der Waals surface area contributed by atoms with Crippen molar-refractivity contribution in [3.8, 4) is 0 Å². The van der Waals surface area contributed by atoms with E-state index in [2.05, 4.69) is 61.6 Å². The molecule has 2 aromatic rings. The van der Waals surface area contributed by atoms with Crippen LogP contribution in [0.25, 0.3) is 10.9 Å². The highest BCUT2D eigenvalue weighted by Crippen LogP contribution is 2.38. The van der Waals surface area contributed by atoms with Gasteiger partial charge < -0.3 is 15.2 Å². The summed E-state index contributed by atoms with van der Waals surface area (Å²) in [7, 11) is 2.18. The zero-order valence-corrected chi connectivity index (χ0v) is 15.0. The average Bonchev–Trinajstić information content (AvgIpc) is 2.82. The van der Waals surface area contributed by atoms with Crippen LogP contribution in [0.15, 0.2) is 24.3 Å². The van der Waals surface area contributed by atoms with Crippen molar-refractivity contribution in [3.05, 3.63) is 35.5 Å². The van der Waals surface area contributed by atoms with Crippen molar-refractivity contribution in [1.82, 2.24) is 9.47 Å². The Morgan fingerprint density at radius 2 is 1.83 bits per heavy atom. The van der Waals surface area contributed by atoms with E-state index in [0.717, 1.165) is 6.54 Å². The number of nitrogens with zero attached hydrogens (tertiary/aromatic N) is 2. The van der Waals surface area contributed by atoms with E-state index in [1.807, 2.05) is 0 Å². The van der Waals surface area contributed by atoms with Crippen LogP contribution in [0.3, 0.4) is 0 Å². The van der Waals surface area contributed by atoms with E-state index in [4.69, 9.17) is 5.73 Å². The molecule has 0 amide bonds. The molecule has 3 rings (SSSR count). The third-order valence-electron chi connectivity index (χ3n) is 5.95. The van der Waals surface area contributed by atoms with Crippen molar-refractivity contribution in [2.45, 2.75) is 45.6 Å². The fourth-order valence-corrected chi connectivity index (χ4v) is 4.40. The van der Waals surface area contributed by atoms with Crippen molar-refractivity contribution in [2.24, 2.45) is 18.7 Å². The lowest BCUT2D eigenvalue weighted by atomic mass is 9.79. The molecule has 0 aliphatic carbocycles. The van der Waals surface area contributed by atoms with Gasteiger partial charge in [-0.05, 0) is 70.8 Å². The first kappa shape index (κ1) is 16.5. The van der Waals surface area contributed by atoms with E-state index >= 15 is 0 Å². The maximum atomic E-state index is 6.28. The molecule has 1 saturated heterocycles. The maximum absolute atomic E-state index is 6.28. The van der Waals surface area contributed by atoms with Gasteiger partial charge in [0.05, 0.1) is 0 Å². The number of piperidine rings is 1. The summed E-state index contributed by atoms with van der Waals surface area (Å²) in [6, 6.07) is 9.43. The molecule has 3 nitrogen and oxygen atoms in total. The highest BCUT2D eigenvalue weighted by Gasteiger charge is 2.30. The minimum Gasteiger partial charge on any atom is -0.348 e. The van der Waals surface area contributed by atoms with Crippen molar-refractivity contribution >= 4 is 10.9 Å². The lowest BCUT2D eigenvalue weighted by Gasteiger charge is -2.38. The average molecular weight is 313 g/mol. The first-order valence-corrected chi connectivity index (χ1v) is 9.02. The molecule has 1 aliphatic heterocycles. The third kappa shape index (κ3) is 2.92. The van der Waals surface area contributed by atoms with Crippen molar-refractivity contribution in [1.29, 1.82) is 0 Å². The van der Waals surface area contributed by atoms with E-state index < -0.39 is 0 Å². The maximum Gasteiger partial charge on any atom is 0.0482 e. The third-order valence-corrected chi connectivity index (χ3v) is 5.95. The summed E-state index contributed by atoms with van der Waals surface area (Å²) in [4.78, 5) is 2.60. The van der Waals surface area contributed by atoms with Gasteiger partial charge in [-0.15, -0.1) is 0 Å². The first-order chi connectivity index (χ1) is 11.0. The molecule has 1 aliphatic rings. The number of nitrogens with two attached hydrogens (primary N) is 1. The zero-order valence-electron chi connectivity index (χ0n) is 15.0. The van der Waals surface area contributed by atoms with Crippen molar-refractivity contribution in [3.63, 3.8) is 0 Å². The van der Waals surface area contributed by atoms with Crippen LogP contribution in [0, 0.1) is 12.8 Å². The highest BCUT2D eigenvalue weighted by molar-refractivity contribution is 5.86. The fourth-order valence-electron chi connectivity index (χ4n) is 4.40. The second-order valence-corrected chi connectivity index (χ2v) is 7.38. The van der Waals surface area contributed by atoms with E-state index in [0.29, 0.717) is 17.9 Å². The Hall–Kier alpha value is -1.32. The van der Waals surface area contributed by atoms with Crippen molar-refractivity contribution in [2.75, 3.05) is 19.6 Å². The van der Waals surface area contributed by atoms with Gasteiger partial charge in [-0.1, -0.05) is 18.2 Å². The molecule has 3 heteroatoms. The second kappa shape index (κ2) is 6.66. The molecule has 1 unspecified atom stereocenters. The topological polar surface area (TPSA) is 34.2 Å². The molecular formula is C20H31N3. The molecule has 23 heavy (non-hydrogen) atoms. The monoisotopic (exact) mass is 313 g/mol. The SMILES string of the molecule is Cc1c(C(CN)C2CCN(C(C)C)CC2)c2ccccc2n1C. The summed E-state index contributed by atoms with van der Waals surface area (Å²) in [6.45, 7) is 10.0. The smallest absolute Gasteiger partial charge is 0.0482 e. The Balaban J connectivity index is 1.92. The van der Waals surface area contributed by atoms with Crippen LogP contribution in [0.2, 0.25) is 0 Å². The quantitative estimate of drug-likeness (QED) is 0.935. The normalized spacial score (nSPS) is 18.9. The fraction of sp³-hybridized carbons (Fsp3) is 0.600. The number of aromatic nitrogens is 1. The highest BCUT2D eigenvalue weighted by atomic mass is 15.1. The van der Waals surface area contributed by atoms with Gasteiger partial charge in [-0.25, -0.2) is 0 Å². The molecule has 0 saturated carbocycles. The molecule has 2 N–H and O–H groups in total. The van der Waals surface area contributed by atoms with Crippen LogP contribution < -0.4 is 5.73 Å². The number of benzene rings is 1. The van der Waals surface area contributed by atoms with Gasteiger partial charge in [0.25, 0.3) is 0 Å². The van der Waals surface area contributed by atoms with Crippen LogP contribution in [0.1, 0.15) is 43.9 Å². The first-order valence-electron chi connectivity index (χ1n) is 9.02. The number of hydrogen-bond acceptors (Lipinski definition) is 2. The lowest BCUT2D eigenvalue weighted by molar-refractivity contribution is 0.138. The Bertz CT molecular complexity index is 663. The van der Waals surface area contributed by atoms with Crippen molar-refractivity contribution < 1.29 is 0 Å². The van der Waals surface area contributed by atoms with E-state index in [1.165, 1.54) is 48.1 Å². The molecule has 0 spiro atoms. The predicted octanol–water partition coefficient (Wildman–Crippen LogP) is 3.65. The van der Waals surface area contributed by atoms with Gasteiger partial charge >= 0.3 is 0 Å². The van der Waals surface area contributed by atoms with Crippen LogP contribution in [-0.2, 0) is 7.05 Å². The second-order valence-electron chi connectivity index (χ2n) is 7.38. The summed E-state index contributed by atoms with van der Waals surface area (Å²) in [6.07, 6.45) is 2.53. The van der Waals surface area contributed by atoms with E-state index in [1.54, 1.807) is 0 Å². The molecule has 1 aromatic heterocycles. The number of para-hydroxylation sites is 1. The van der Waals surface area contributed by atoms with Crippen LogP contribution >= 0.6 is 0 Å². The summed E-state index contributed by atoms with van der Waals surface area (Å²) < 4.78 is 2.33. The molecule has 1 fully saturated rings. The number of hydrogen-bond donors (Lipinski definition) is 1. The summed E-state index contributed by atoms with van der Waals surface area (Å²) in [5, 5.41) is 1.40. The van der Waals surface area contributed by atoms with Gasteiger partial charge in [-0.3, -0.25) is 0 Å². The van der Waals surface area contributed by atoms with Crippen LogP contribution in [0.4, 0.5) is 0 Å². The molecule has 1 atom stereocenters. The number of aryl methyl sites for hydroxylation is 1. The van der Waals surface area contributed by atoms with Crippen LogP contribution in [0.5, 0.6) is 0 Å². The van der Waals surface area contributed by atoms with Gasteiger partial charge in [0.2, 0.25) is 0 Å². The van der Waals surface area contributed by atoms with Gasteiger partial charge in [0, 0.05) is 35.6 Å². The summed E-state index contributed by atoms with van der Waals surface area (Å²) in [5.74, 6) is 1.19. The van der Waals surface area contributed by atoms with Gasteiger partial charge in [-0.2, -0.15) is 0 Å². The molecule has 0 bridgehead atoms. The number of likely N-dealkylation sites (tertiary alicyclic amines) is 1. The Labute approximate surface area is 140 Å². The van der Waals surface area contributed by atoms with Gasteiger partial charge in [0.15, 0.2) is 0 Å². The molecular weight excluding hydrogens is 282 g/mol. The van der Waals surface area contributed by atoms with Gasteiger partial charge in [0.1, 0.15) is 0 Å². The molecule has 0 radical (unpaired) electrons. The molecule has 126 valence electrons. The Kier molecular flexibility index (Phi) is 4.79. The lowest BCUT2D eigenvalue weighted by Crippen LogP contribution is -2.40. The summed E-state index contributed by atoms with van der Waals surface area (Å²) in [5.41, 5.74) is 10.5. The minimum absolute atomic E-state index is 0.482.